The lowest BCUT2D eigenvalue weighted by Crippen LogP contribution is -2.10. The molecule has 1 heterocycles. The highest BCUT2D eigenvalue weighted by Crippen LogP contribution is 2.18. The number of carbonyl (C=O) groups is 1. The van der Waals surface area contributed by atoms with Crippen molar-refractivity contribution < 1.29 is 9.90 Å². The number of aromatic nitrogens is 2. The molecule has 0 aliphatic carbocycles. The minimum Gasteiger partial charge on any atom is -0.475 e. The second kappa shape index (κ2) is 3.81. The summed E-state index contributed by atoms with van der Waals surface area (Å²) in [5.74, 6) is -0.969. The third-order valence-electron chi connectivity index (χ3n) is 2.49. The molecule has 1 aromatic carbocycles. The van der Waals surface area contributed by atoms with E-state index in [1.807, 2.05) is 38.1 Å². The number of carboxylic acid groups (broad SMARTS) is 1. The van der Waals surface area contributed by atoms with Gasteiger partial charge in [0.25, 0.3) is 0 Å². The second-order valence-electron chi connectivity index (χ2n) is 3.65. The first-order chi connectivity index (χ1) is 7.61. The molecule has 2 aromatic rings. The van der Waals surface area contributed by atoms with Crippen LogP contribution in [0.15, 0.2) is 30.5 Å². The fourth-order valence-electron chi connectivity index (χ4n) is 1.71. The Kier molecular flexibility index (Phi) is 2.48. The van der Waals surface area contributed by atoms with Crippen LogP contribution in [0.2, 0.25) is 0 Å². The van der Waals surface area contributed by atoms with Gasteiger partial charge in [0.2, 0.25) is 5.82 Å². The normalized spacial score (nSPS) is 10.4. The second-order valence-corrected chi connectivity index (χ2v) is 3.65. The van der Waals surface area contributed by atoms with Gasteiger partial charge in [-0.25, -0.2) is 9.78 Å². The van der Waals surface area contributed by atoms with Crippen molar-refractivity contribution in [3.8, 4) is 5.69 Å². The Morgan fingerprint density at radius 1 is 1.31 bits per heavy atom. The van der Waals surface area contributed by atoms with E-state index in [1.165, 1.54) is 0 Å². The molecular weight excluding hydrogens is 204 g/mol. The lowest BCUT2D eigenvalue weighted by Gasteiger charge is -2.10. The van der Waals surface area contributed by atoms with Crippen LogP contribution in [0.5, 0.6) is 0 Å². The zero-order valence-corrected chi connectivity index (χ0v) is 9.14. The molecule has 1 N–H and O–H groups in total. The Morgan fingerprint density at radius 2 is 2.00 bits per heavy atom. The summed E-state index contributed by atoms with van der Waals surface area (Å²) in [6, 6.07) is 7.63. The Balaban J connectivity index is 2.68. The number of aryl methyl sites for hydroxylation is 2. The van der Waals surface area contributed by atoms with Crippen molar-refractivity contribution in [3.05, 3.63) is 47.5 Å². The number of rotatable bonds is 2. The third kappa shape index (κ3) is 1.58. The highest BCUT2D eigenvalue weighted by molar-refractivity contribution is 5.84. The molecule has 4 heteroatoms. The van der Waals surface area contributed by atoms with Crippen molar-refractivity contribution in [1.82, 2.24) is 9.55 Å². The topological polar surface area (TPSA) is 55.1 Å². The quantitative estimate of drug-likeness (QED) is 0.837. The molecule has 0 aliphatic heterocycles. The van der Waals surface area contributed by atoms with Crippen molar-refractivity contribution in [2.45, 2.75) is 13.8 Å². The van der Waals surface area contributed by atoms with Gasteiger partial charge in [0.05, 0.1) is 5.69 Å². The van der Waals surface area contributed by atoms with Crippen LogP contribution in [-0.2, 0) is 0 Å². The molecule has 0 aliphatic rings. The van der Waals surface area contributed by atoms with Crippen molar-refractivity contribution >= 4 is 5.97 Å². The lowest BCUT2D eigenvalue weighted by molar-refractivity contribution is 0.0681. The van der Waals surface area contributed by atoms with Gasteiger partial charge >= 0.3 is 5.97 Å². The maximum Gasteiger partial charge on any atom is 0.372 e. The maximum atomic E-state index is 11.0. The summed E-state index contributed by atoms with van der Waals surface area (Å²) in [6.45, 7) is 3.78. The maximum absolute atomic E-state index is 11.0. The summed E-state index contributed by atoms with van der Waals surface area (Å²) < 4.78 is 1.65. The van der Waals surface area contributed by atoms with Crippen LogP contribution in [-0.4, -0.2) is 20.6 Å². The molecule has 1 aromatic heterocycles. The number of carboxylic acids is 1. The Bertz CT molecular complexity index is 544. The lowest BCUT2D eigenvalue weighted by atomic mass is 10.2. The summed E-state index contributed by atoms with van der Waals surface area (Å²) in [4.78, 5) is 14.9. The Labute approximate surface area is 93.2 Å². The van der Waals surface area contributed by atoms with E-state index in [1.54, 1.807) is 10.8 Å². The zero-order valence-electron chi connectivity index (χ0n) is 9.14. The molecule has 0 unspecified atom stereocenters. The van der Waals surface area contributed by atoms with Gasteiger partial charge in [0, 0.05) is 11.9 Å². The molecular formula is C12H12N2O2. The van der Waals surface area contributed by atoms with E-state index in [0.29, 0.717) is 0 Å². The van der Waals surface area contributed by atoms with Crippen LogP contribution < -0.4 is 0 Å². The summed E-state index contributed by atoms with van der Waals surface area (Å²) >= 11 is 0. The number of hydrogen-bond donors (Lipinski definition) is 1. The van der Waals surface area contributed by atoms with Crippen LogP contribution in [0, 0.1) is 13.8 Å². The van der Waals surface area contributed by atoms with Crippen molar-refractivity contribution in [2.75, 3.05) is 0 Å². The number of aromatic carboxylic acids is 1. The Hall–Kier alpha value is -2.10. The van der Waals surface area contributed by atoms with E-state index >= 15 is 0 Å². The van der Waals surface area contributed by atoms with Gasteiger partial charge in [-0.3, -0.25) is 4.57 Å². The van der Waals surface area contributed by atoms with Crippen molar-refractivity contribution in [3.63, 3.8) is 0 Å². The summed E-state index contributed by atoms with van der Waals surface area (Å²) in [5.41, 5.74) is 2.69. The molecule has 0 atom stereocenters. The predicted octanol–water partition coefficient (Wildman–Crippen LogP) is 2.19. The molecule has 0 bridgehead atoms. The number of nitrogens with zero attached hydrogens (tertiary/aromatic N) is 2. The SMILES string of the molecule is Cc1ccccc1-n1c(C)cnc1C(=O)O. The van der Waals surface area contributed by atoms with Crippen molar-refractivity contribution in [1.29, 1.82) is 0 Å². The molecule has 82 valence electrons. The van der Waals surface area contributed by atoms with Gasteiger partial charge < -0.3 is 5.11 Å². The smallest absolute Gasteiger partial charge is 0.372 e. The molecule has 0 radical (unpaired) electrons. The van der Waals surface area contributed by atoms with E-state index in [2.05, 4.69) is 4.98 Å². The minimum atomic E-state index is -1.02. The first kappa shape index (κ1) is 10.4. The van der Waals surface area contributed by atoms with E-state index in [9.17, 15) is 4.79 Å². The van der Waals surface area contributed by atoms with Crippen LogP contribution in [0.1, 0.15) is 21.9 Å². The monoisotopic (exact) mass is 216 g/mol. The number of benzene rings is 1. The summed E-state index contributed by atoms with van der Waals surface area (Å²) in [6.07, 6.45) is 1.57. The van der Waals surface area contributed by atoms with Gasteiger partial charge in [-0.05, 0) is 25.5 Å². The molecule has 0 amide bonds. The standard InChI is InChI=1S/C12H12N2O2/c1-8-5-3-4-6-10(8)14-9(2)7-13-11(14)12(15)16/h3-7H,1-2H3,(H,15,16). The molecule has 4 nitrogen and oxygen atoms in total. The average molecular weight is 216 g/mol. The highest BCUT2D eigenvalue weighted by Gasteiger charge is 2.15. The molecule has 0 saturated heterocycles. The van der Waals surface area contributed by atoms with E-state index in [0.717, 1.165) is 16.9 Å². The van der Waals surface area contributed by atoms with Crippen LogP contribution in [0.25, 0.3) is 5.69 Å². The minimum absolute atomic E-state index is 0.0480. The van der Waals surface area contributed by atoms with Gasteiger partial charge in [0.1, 0.15) is 0 Å². The first-order valence-electron chi connectivity index (χ1n) is 4.95. The van der Waals surface area contributed by atoms with Crippen LogP contribution in [0.4, 0.5) is 0 Å². The van der Waals surface area contributed by atoms with Gasteiger partial charge in [-0.1, -0.05) is 18.2 Å². The van der Waals surface area contributed by atoms with Gasteiger partial charge in [-0.2, -0.15) is 0 Å². The molecule has 0 saturated carbocycles. The van der Waals surface area contributed by atoms with E-state index in [-0.39, 0.29) is 5.82 Å². The molecule has 16 heavy (non-hydrogen) atoms. The zero-order chi connectivity index (χ0) is 11.7. The van der Waals surface area contributed by atoms with Crippen LogP contribution >= 0.6 is 0 Å². The summed E-state index contributed by atoms with van der Waals surface area (Å²) in [7, 11) is 0. The van der Waals surface area contributed by atoms with Gasteiger partial charge in [-0.15, -0.1) is 0 Å². The molecule has 2 rings (SSSR count). The predicted molar refractivity (Wildman–Crippen MR) is 60.0 cm³/mol. The Morgan fingerprint density at radius 3 is 2.62 bits per heavy atom. The first-order valence-corrected chi connectivity index (χ1v) is 4.95. The van der Waals surface area contributed by atoms with Gasteiger partial charge in [0.15, 0.2) is 0 Å². The number of para-hydroxylation sites is 1. The fraction of sp³-hybridized carbons (Fsp3) is 0.167. The summed E-state index contributed by atoms with van der Waals surface area (Å²) in [5, 5.41) is 9.05. The van der Waals surface area contributed by atoms with E-state index in [4.69, 9.17) is 5.11 Å². The third-order valence-corrected chi connectivity index (χ3v) is 2.49. The molecule has 0 fully saturated rings. The molecule has 0 spiro atoms. The van der Waals surface area contributed by atoms with E-state index < -0.39 is 5.97 Å². The highest BCUT2D eigenvalue weighted by atomic mass is 16.4. The van der Waals surface area contributed by atoms with Crippen LogP contribution in [0.3, 0.4) is 0 Å². The number of hydrogen-bond acceptors (Lipinski definition) is 2. The largest absolute Gasteiger partial charge is 0.475 e. The number of imidazole rings is 1. The fourth-order valence-corrected chi connectivity index (χ4v) is 1.71. The average Bonchev–Trinajstić information content (AvgIpc) is 2.61. The van der Waals surface area contributed by atoms with Crippen molar-refractivity contribution in [2.24, 2.45) is 0 Å².